The van der Waals surface area contributed by atoms with Gasteiger partial charge in [0, 0.05) is 29.7 Å². The lowest BCUT2D eigenvalue weighted by atomic mass is 9.85. The van der Waals surface area contributed by atoms with E-state index in [1.165, 1.54) is 5.56 Å². The molecule has 0 radical (unpaired) electrons. The summed E-state index contributed by atoms with van der Waals surface area (Å²) in [7, 11) is 0. The molecule has 2 saturated heterocycles. The quantitative estimate of drug-likeness (QED) is 0.535. The van der Waals surface area contributed by atoms with E-state index in [0.717, 1.165) is 28.6 Å². The first-order valence-electron chi connectivity index (χ1n) is 10.9. The fourth-order valence-corrected chi connectivity index (χ4v) is 4.62. The number of ether oxygens (including phenoxy) is 1. The molecule has 2 aliphatic rings. The Labute approximate surface area is 190 Å². The molecule has 0 aliphatic carbocycles. The number of carbonyl (C=O) groups excluding carboxylic acids is 3. The number of aromatic nitrogens is 1. The topological polar surface area (TPSA) is 109 Å². The number of pyridine rings is 1. The maximum atomic E-state index is 12.9. The number of urea groups is 1. The van der Waals surface area contributed by atoms with Gasteiger partial charge in [-0.1, -0.05) is 30.3 Å². The van der Waals surface area contributed by atoms with Crippen LogP contribution >= 0.6 is 0 Å². The van der Waals surface area contributed by atoms with Gasteiger partial charge in [-0.3, -0.25) is 19.9 Å². The summed E-state index contributed by atoms with van der Waals surface area (Å²) in [5.74, 6) is -0.758. The van der Waals surface area contributed by atoms with Gasteiger partial charge in [0.1, 0.15) is 5.54 Å². The average Bonchev–Trinajstić information content (AvgIpc) is 3.08. The second kappa shape index (κ2) is 8.29. The van der Waals surface area contributed by atoms with Crippen LogP contribution in [0.15, 0.2) is 54.6 Å². The van der Waals surface area contributed by atoms with Crippen molar-refractivity contribution >= 4 is 28.7 Å². The second-order valence-corrected chi connectivity index (χ2v) is 8.54. The van der Waals surface area contributed by atoms with E-state index in [-0.39, 0.29) is 12.5 Å². The van der Waals surface area contributed by atoms with E-state index in [9.17, 15) is 14.4 Å². The standard InChI is InChI=1S/C25H24N4O4/c1-15-12-18(19-4-2-3-5-20(19)26-15)13-16-6-8-17(9-7-16)22(30)27-21-14-33-11-10-25(21)23(31)28-24(32)29-25/h2-9,12,21H,10-11,13-14H2,1H3,(H,27,30)(H2,28,29,31,32)/t21-,25+/m0/s1. The number of hydrogen-bond donors (Lipinski definition) is 3. The molecular weight excluding hydrogens is 420 g/mol. The predicted octanol–water partition coefficient (Wildman–Crippen LogP) is 2.23. The van der Waals surface area contributed by atoms with Crippen molar-refractivity contribution in [3.05, 3.63) is 77.0 Å². The number of nitrogens with zero attached hydrogens (tertiary/aromatic N) is 1. The highest BCUT2D eigenvalue weighted by molar-refractivity contribution is 6.08. The minimum Gasteiger partial charge on any atom is -0.379 e. The van der Waals surface area contributed by atoms with Crippen molar-refractivity contribution in [2.75, 3.05) is 13.2 Å². The molecule has 3 heterocycles. The zero-order valence-electron chi connectivity index (χ0n) is 18.2. The van der Waals surface area contributed by atoms with Gasteiger partial charge in [0.25, 0.3) is 11.8 Å². The fraction of sp³-hybridized carbons (Fsp3) is 0.280. The second-order valence-electron chi connectivity index (χ2n) is 8.54. The average molecular weight is 444 g/mol. The molecule has 0 unspecified atom stereocenters. The molecule has 4 amide bonds. The van der Waals surface area contributed by atoms with Crippen molar-refractivity contribution in [3.8, 4) is 0 Å². The number of rotatable bonds is 4. The Morgan fingerprint density at radius 3 is 2.73 bits per heavy atom. The van der Waals surface area contributed by atoms with E-state index in [4.69, 9.17) is 4.74 Å². The minimum atomic E-state index is -1.18. The number of benzene rings is 2. The number of hydrogen-bond acceptors (Lipinski definition) is 5. The van der Waals surface area contributed by atoms with Crippen molar-refractivity contribution < 1.29 is 19.1 Å². The Bertz CT molecular complexity index is 1260. The lowest BCUT2D eigenvalue weighted by Gasteiger charge is -2.38. The van der Waals surface area contributed by atoms with Crippen LogP contribution in [-0.4, -0.2) is 47.6 Å². The molecule has 1 spiro atoms. The number of nitrogens with one attached hydrogen (secondary N) is 3. The van der Waals surface area contributed by atoms with E-state index in [1.54, 1.807) is 12.1 Å². The SMILES string of the molecule is Cc1cc(Cc2ccc(C(=O)N[C@H]3COCC[C@@]34NC(=O)NC4=O)cc2)c2ccccc2n1. The molecule has 168 valence electrons. The van der Waals surface area contributed by atoms with Gasteiger partial charge < -0.3 is 15.4 Å². The highest BCUT2D eigenvalue weighted by atomic mass is 16.5. The maximum absolute atomic E-state index is 12.9. The number of amides is 4. The zero-order chi connectivity index (χ0) is 23.0. The van der Waals surface area contributed by atoms with Crippen molar-refractivity contribution in [1.82, 2.24) is 20.9 Å². The highest BCUT2D eigenvalue weighted by Gasteiger charge is 2.54. The summed E-state index contributed by atoms with van der Waals surface area (Å²) in [5, 5.41) is 8.94. The number of aryl methyl sites for hydroxylation is 1. The molecule has 0 saturated carbocycles. The summed E-state index contributed by atoms with van der Waals surface area (Å²) in [4.78, 5) is 41.6. The lowest BCUT2D eigenvalue weighted by Crippen LogP contribution is -2.66. The Morgan fingerprint density at radius 2 is 1.97 bits per heavy atom. The molecule has 3 aromatic rings. The first-order valence-corrected chi connectivity index (χ1v) is 10.9. The van der Waals surface area contributed by atoms with Crippen LogP contribution in [-0.2, 0) is 16.0 Å². The molecule has 0 bridgehead atoms. The van der Waals surface area contributed by atoms with E-state index in [1.807, 2.05) is 37.3 Å². The van der Waals surface area contributed by atoms with Gasteiger partial charge in [0.05, 0.1) is 18.2 Å². The third-order valence-corrected chi connectivity index (χ3v) is 6.33. The molecule has 8 nitrogen and oxygen atoms in total. The maximum Gasteiger partial charge on any atom is 0.322 e. The number of imide groups is 1. The molecule has 3 N–H and O–H groups in total. The predicted molar refractivity (Wildman–Crippen MR) is 122 cm³/mol. The normalized spacial score (nSPS) is 22.3. The fourth-order valence-electron chi connectivity index (χ4n) is 4.62. The smallest absolute Gasteiger partial charge is 0.322 e. The minimum absolute atomic E-state index is 0.145. The van der Waals surface area contributed by atoms with Gasteiger partial charge in [-0.25, -0.2) is 4.79 Å². The van der Waals surface area contributed by atoms with E-state index in [2.05, 4.69) is 33.1 Å². The first kappa shape index (κ1) is 21.1. The molecule has 1 aromatic heterocycles. The van der Waals surface area contributed by atoms with Crippen LogP contribution in [0.4, 0.5) is 4.79 Å². The Balaban J connectivity index is 1.32. The summed E-state index contributed by atoms with van der Waals surface area (Å²) in [5.41, 5.74) is 3.48. The lowest BCUT2D eigenvalue weighted by molar-refractivity contribution is -0.128. The molecule has 2 fully saturated rings. The first-order chi connectivity index (χ1) is 15.9. The van der Waals surface area contributed by atoms with Crippen LogP contribution in [0.25, 0.3) is 10.9 Å². The molecule has 5 rings (SSSR count). The summed E-state index contributed by atoms with van der Waals surface area (Å²) in [6, 6.07) is 16.3. The molecule has 8 heteroatoms. The molecule has 33 heavy (non-hydrogen) atoms. The van der Waals surface area contributed by atoms with Gasteiger partial charge >= 0.3 is 6.03 Å². The third kappa shape index (κ3) is 3.93. The summed E-state index contributed by atoms with van der Waals surface area (Å²) < 4.78 is 5.47. The highest BCUT2D eigenvalue weighted by Crippen LogP contribution is 2.25. The van der Waals surface area contributed by atoms with Crippen LogP contribution < -0.4 is 16.0 Å². The van der Waals surface area contributed by atoms with Crippen molar-refractivity contribution in [3.63, 3.8) is 0 Å². The van der Waals surface area contributed by atoms with Gasteiger partial charge in [-0.05, 0) is 48.7 Å². The summed E-state index contributed by atoms with van der Waals surface area (Å²) in [6.45, 7) is 2.46. The van der Waals surface area contributed by atoms with Gasteiger partial charge in [-0.15, -0.1) is 0 Å². The summed E-state index contributed by atoms with van der Waals surface area (Å²) >= 11 is 0. The van der Waals surface area contributed by atoms with Crippen LogP contribution in [0.2, 0.25) is 0 Å². The van der Waals surface area contributed by atoms with Crippen LogP contribution in [0.5, 0.6) is 0 Å². The Morgan fingerprint density at radius 1 is 1.18 bits per heavy atom. The Hall–Kier alpha value is -3.78. The largest absolute Gasteiger partial charge is 0.379 e. The van der Waals surface area contributed by atoms with Crippen LogP contribution in [0.1, 0.15) is 33.6 Å². The van der Waals surface area contributed by atoms with Crippen LogP contribution in [0, 0.1) is 6.92 Å². The number of para-hydroxylation sites is 1. The van der Waals surface area contributed by atoms with Crippen molar-refractivity contribution in [2.45, 2.75) is 31.3 Å². The molecule has 2 aliphatic heterocycles. The number of fused-ring (bicyclic) bond motifs is 1. The van der Waals surface area contributed by atoms with E-state index in [0.29, 0.717) is 18.6 Å². The van der Waals surface area contributed by atoms with Gasteiger partial charge in [-0.2, -0.15) is 0 Å². The van der Waals surface area contributed by atoms with E-state index >= 15 is 0 Å². The van der Waals surface area contributed by atoms with Crippen LogP contribution in [0.3, 0.4) is 0 Å². The van der Waals surface area contributed by atoms with Gasteiger partial charge in [0.15, 0.2) is 0 Å². The summed E-state index contributed by atoms with van der Waals surface area (Å²) in [6.07, 6.45) is 1.02. The van der Waals surface area contributed by atoms with E-state index < -0.39 is 23.5 Å². The third-order valence-electron chi connectivity index (χ3n) is 6.33. The van der Waals surface area contributed by atoms with Crippen molar-refractivity contribution in [1.29, 1.82) is 0 Å². The zero-order valence-corrected chi connectivity index (χ0v) is 18.2. The number of carbonyl (C=O) groups is 3. The monoisotopic (exact) mass is 444 g/mol. The van der Waals surface area contributed by atoms with Gasteiger partial charge in [0.2, 0.25) is 0 Å². The molecule has 2 atom stereocenters. The molecule has 2 aromatic carbocycles. The molecular formula is C25H24N4O4. The Kier molecular flexibility index (Phi) is 5.30. The van der Waals surface area contributed by atoms with Crippen molar-refractivity contribution in [2.24, 2.45) is 0 Å².